The van der Waals surface area contributed by atoms with Gasteiger partial charge in [0.2, 0.25) is 5.91 Å². The number of hydrogen-bond donors (Lipinski definition) is 2. The van der Waals surface area contributed by atoms with Gasteiger partial charge in [0.05, 0.1) is 10.5 Å². The number of carbonyl (C=O) groups excluding carboxylic acids is 1. The van der Waals surface area contributed by atoms with Crippen molar-refractivity contribution in [3.8, 4) is 0 Å². The molecule has 0 saturated carbocycles. The number of carbonyl (C=O) groups is 1. The first-order valence-corrected chi connectivity index (χ1v) is 10.3. The largest absolute Gasteiger partial charge is 0.335 e. The fraction of sp³-hybridized carbons (Fsp3) is 0.318. The van der Waals surface area contributed by atoms with Crippen LogP contribution < -0.4 is 10.6 Å². The van der Waals surface area contributed by atoms with E-state index >= 15 is 0 Å². The molecule has 0 radical (unpaired) electrons. The quantitative estimate of drug-likeness (QED) is 0.639. The van der Waals surface area contributed by atoms with E-state index < -0.39 is 0 Å². The summed E-state index contributed by atoms with van der Waals surface area (Å²) in [5.74, 6) is -0.0540. The number of nitrogens with zero attached hydrogens (tertiary/aromatic N) is 1. The third kappa shape index (κ3) is 3.52. The lowest BCUT2D eigenvalue weighted by molar-refractivity contribution is -0.116. The molecular weight excluding hydrogens is 393 g/mol. The summed E-state index contributed by atoms with van der Waals surface area (Å²) < 4.78 is 2.08. The van der Waals surface area contributed by atoms with Crippen molar-refractivity contribution in [2.45, 2.75) is 33.2 Å². The summed E-state index contributed by atoms with van der Waals surface area (Å²) in [6.07, 6.45) is 1.74. The minimum atomic E-state index is -0.0540. The maximum atomic E-state index is 12.9. The zero-order valence-corrected chi connectivity index (χ0v) is 17.5. The van der Waals surface area contributed by atoms with Crippen LogP contribution in [0.2, 0.25) is 10.0 Å². The summed E-state index contributed by atoms with van der Waals surface area (Å²) in [4.78, 5) is 12.9. The molecule has 1 aromatic heterocycles. The molecule has 0 atom stereocenters. The Balaban J connectivity index is 1.74. The Morgan fingerprint density at radius 2 is 1.96 bits per heavy atom. The highest BCUT2D eigenvalue weighted by molar-refractivity contribution is 6.39. The Labute approximate surface area is 174 Å². The molecule has 1 aliphatic heterocycles. The number of rotatable bonds is 3. The molecule has 6 heteroatoms. The molecule has 4 nitrogen and oxygen atoms in total. The van der Waals surface area contributed by atoms with E-state index in [0.717, 1.165) is 53.6 Å². The van der Waals surface area contributed by atoms with Gasteiger partial charge in [-0.25, -0.2) is 0 Å². The van der Waals surface area contributed by atoms with Crippen LogP contribution in [0.1, 0.15) is 22.4 Å². The van der Waals surface area contributed by atoms with E-state index in [1.807, 2.05) is 38.1 Å². The minimum absolute atomic E-state index is 0.0540. The molecule has 0 fully saturated rings. The predicted molar refractivity (Wildman–Crippen MR) is 117 cm³/mol. The zero-order valence-electron chi connectivity index (χ0n) is 16.0. The summed E-state index contributed by atoms with van der Waals surface area (Å²) in [7, 11) is 0. The number of halogens is 2. The molecule has 3 aromatic rings. The summed E-state index contributed by atoms with van der Waals surface area (Å²) >= 11 is 12.8. The SMILES string of the molecule is Cc1cccc(NC(=O)Cn2c3c(c4c(Cl)cc(Cl)cc42)CCNCC3)c1C. The average Bonchev–Trinajstić information content (AvgIpc) is 2.80. The lowest BCUT2D eigenvalue weighted by atomic mass is 10.1. The first kappa shape index (κ1) is 19.3. The van der Waals surface area contributed by atoms with Crippen LogP contribution in [0.4, 0.5) is 5.69 Å². The van der Waals surface area contributed by atoms with Crippen LogP contribution in [0.25, 0.3) is 10.9 Å². The molecule has 146 valence electrons. The molecule has 1 amide bonds. The highest BCUT2D eigenvalue weighted by atomic mass is 35.5. The molecule has 0 aliphatic carbocycles. The van der Waals surface area contributed by atoms with E-state index in [9.17, 15) is 4.79 Å². The highest BCUT2D eigenvalue weighted by Crippen LogP contribution is 2.36. The van der Waals surface area contributed by atoms with E-state index in [-0.39, 0.29) is 12.5 Å². The van der Waals surface area contributed by atoms with Gasteiger partial charge in [-0.3, -0.25) is 4.79 Å². The van der Waals surface area contributed by atoms with E-state index in [1.165, 1.54) is 11.3 Å². The number of nitrogens with one attached hydrogen (secondary N) is 2. The molecule has 0 spiro atoms. The van der Waals surface area contributed by atoms with Gasteiger partial charge in [0.15, 0.2) is 0 Å². The van der Waals surface area contributed by atoms with Gasteiger partial charge in [0.25, 0.3) is 0 Å². The second-order valence-electron chi connectivity index (χ2n) is 7.34. The zero-order chi connectivity index (χ0) is 19.8. The van der Waals surface area contributed by atoms with Gasteiger partial charge in [-0.2, -0.15) is 0 Å². The van der Waals surface area contributed by atoms with Crippen molar-refractivity contribution in [1.29, 1.82) is 0 Å². The smallest absolute Gasteiger partial charge is 0.244 e. The van der Waals surface area contributed by atoms with E-state index in [1.54, 1.807) is 6.07 Å². The van der Waals surface area contributed by atoms with Gasteiger partial charge in [0.1, 0.15) is 6.54 Å². The van der Waals surface area contributed by atoms with Crippen molar-refractivity contribution in [2.75, 3.05) is 18.4 Å². The number of hydrogen-bond acceptors (Lipinski definition) is 2. The van der Waals surface area contributed by atoms with E-state index in [0.29, 0.717) is 10.0 Å². The Morgan fingerprint density at radius 3 is 2.79 bits per heavy atom. The minimum Gasteiger partial charge on any atom is -0.335 e. The molecule has 28 heavy (non-hydrogen) atoms. The third-order valence-electron chi connectivity index (χ3n) is 5.57. The Bertz CT molecular complexity index is 1070. The van der Waals surface area contributed by atoms with Crippen LogP contribution in [0.3, 0.4) is 0 Å². The Morgan fingerprint density at radius 1 is 1.18 bits per heavy atom. The summed E-state index contributed by atoms with van der Waals surface area (Å²) in [5, 5.41) is 8.74. The van der Waals surface area contributed by atoms with Crippen molar-refractivity contribution >= 4 is 45.7 Å². The van der Waals surface area contributed by atoms with Gasteiger partial charge in [-0.1, -0.05) is 35.3 Å². The topological polar surface area (TPSA) is 46.1 Å². The van der Waals surface area contributed by atoms with Gasteiger partial charge in [-0.15, -0.1) is 0 Å². The molecule has 2 heterocycles. The first-order chi connectivity index (χ1) is 13.5. The average molecular weight is 416 g/mol. The van der Waals surface area contributed by atoms with Crippen LogP contribution in [-0.2, 0) is 24.2 Å². The molecule has 2 aromatic carbocycles. The summed E-state index contributed by atoms with van der Waals surface area (Å²) in [5.41, 5.74) is 6.41. The number of benzene rings is 2. The number of anilines is 1. The maximum Gasteiger partial charge on any atom is 0.244 e. The number of fused-ring (bicyclic) bond motifs is 3. The van der Waals surface area contributed by atoms with Crippen LogP contribution >= 0.6 is 23.2 Å². The maximum absolute atomic E-state index is 12.9. The fourth-order valence-corrected chi connectivity index (χ4v) is 4.62. The Kier molecular flexibility index (Phi) is 5.37. The van der Waals surface area contributed by atoms with Gasteiger partial charge >= 0.3 is 0 Å². The molecule has 4 rings (SSSR count). The first-order valence-electron chi connectivity index (χ1n) is 9.51. The normalized spacial score (nSPS) is 14.0. The van der Waals surface area contributed by atoms with Gasteiger partial charge in [-0.05, 0) is 61.7 Å². The second-order valence-corrected chi connectivity index (χ2v) is 8.18. The summed E-state index contributed by atoms with van der Waals surface area (Å²) in [6, 6.07) is 9.63. The number of aryl methyl sites for hydroxylation is 1. The van der Waals surface area contributed by atoms with Crippen LogP contribution in [0.15, 0.2) is 30.3 Å². The standard InChI is InChI=1S/C22H23Cl2N3O/c1-13-4-3-5-18(14(13)2)26-21(28)12-27-19-7-9-25-8-6-16(19)22-17(24)10-15(23)11-20(22)27/h3-5,10-11,25H,6-9,12H2,1-2H3,(H,26,28). The van der Waals surface area contributed by atoms with Crippen LogP contribution in [0, 0.1) is 13.8 Å². The number of amides is 1. The lowest BCUT2D eigenvalue weighted by Gasteiger charge is -2.14. The fourth-order valence-electron chi connectivity index (χ4n) is 4.03. The number of aromatic nitrogens is 1. The van der Waals surface area contributed by atoms with Gasteiger partial charge in [0, 0.05) is 34.8 Å². The van der Waals surface area contributed by atoms with Crippen molar-refractivity contribution in [3.05, 3.63) is 62.8 Å². The molecular formula is C22H23Cl2N3O. The predicted octanol–water partition coefficient (Wildman–Crippen LogP) is 4.89. The monoisotopic (exact) mass is 415 g/mol. The van der Waals surface area contributed by atoms with E-state index in [2.05, 4.69) is 15.2 Å². The highest BCUT2D eigenvalue weighted by Gasteiger charge is 2.22. The van der Waals surface area contributed by atoms with Crippen molar-refractivity contribution in [3.63, 3.8) is 0 Å². The van der Waals surface area contributed by atoms with Crippen molar-refractivity contribution in [2.24, 2.45) is 0 Å². The molecule has 0 saturated heterocycles. The van der Waals surface area contributed by atoms with Crippen molar-refractivity contribution in [1.82, 2.24) is 9.88 Å². The third-order valence-corrected chi connectivity index (χ3v) is 6.09. The summed E-state index contributed by atoms with van der Waals surface area (Å²) in [6.45, 7) is 6.08. The molecule has 0 bridgehead atoms. The molecule has 0 unspecified atom stereocenters. The molecule has 1 aliphatic rings. The lowest BCUT2D eigenvalue weighted by Crippen LogP contribution is -2.22. The van der Waals surface area contributed by atoms with Gasteiger partial charge < -0.3 is 15.2 Å². The molecule has 2 N–H and O–H groups in total. The Hall–Kier alpha value is -2.01. The van der Waals surface area contributed by atoms with Crippen molar-refractivity contribution < 1.29 is 4.79 Å². The van der Waals surface area contributed by atoms with Crippen LogP contribution in [-0.4, -0.2) is 23.6 Å². The van der Waals surface area contributed by atoms with Crippen LogP contribution in [0.5, 0.6) is 0 Å². The second kappa shape index (κ2) is 7.78. The van der Waals surface area contributed by atoms with E-state index in [4.69, 9.17) is 23.2 Å².